The molecule has 0 aliphatic carbocycles. The van der Waals surface area contributed by atoms with Gasteiger partial charge in [-0.3, -0.25) is 0 Å². The van der Waals surface area contributed by atoms with Crippen molar-refractivity contribution in [1.29, 1.82) is 5.26 Å². The minimum atomic E-state index is -3.26. The Bertz CT molecular complexity index is 471. The van der Waals surface area contributed by atoms with Gasteiger partial charge in [0.15, 0.2) is 9.84 Å². The van der Waals surface area contributed by atoms with E-state index >= 15 is 0 Å². The predicted octanol–water partition coefficient (Wildman–Crippen LogP) is 0.665. The average Bonchev–Trinajstić information content (AvgIpc) is 2.03. The molecule has 0 saturated carbocycles. The van der Waals surface area contributed by atoms with Gasteiger partial charge < -0.3 is 0 Å². The lowest BCUT2D eigenvalue weighted by Crippen LogP contribution is -2.01. The highest BCUT2D eigenvalue weighted by Crippen LogP contribution is 2.14. The van der Waals surface area contributed by atoms with Crippen LogP contribution in [0.15, 0.2) is 17.2 Å². The molecule has 68 valence electrons. The molecule has 0 aromatic carbocycles. The number of nitriles is 1. The maximum Gasteiger partial charge on any atom is 0.175 e. The second-order valence-electron chi connectivity index (χ2n) is 2.72. The third kappa shape index (κ3) is 2.04. The molecule has 0 saturated heterocycles. The maximum atomic E-state index is 11.2. The van der Waals surface area contributed by atoms with Gasteiger partial charge in [-0.2, -0.15) is 5.26 Å². The van der Waals surface area contributed by atoms with E-state index < -0.39 is 9.84 Å². The quantitative estimate of drug-likeness (QED) is 0.661. The molecule has 1 rings (SSSR count). The molecule has 1 aromatic rings. The molecule has 4 nitrogen and oxygen atoms in total. The summed E-state index contributed by atoms with van der Waals surface area (Å²) in [5.74, 6) is 0. The number of rotatable bonds is 1. The van der Waals surface area contributed by atoms with Crippen LogP contribution < -0.4 is 0 Å². The first kappa shape index (κ1) is 9.68. The third-order valence-corrected chi connectivity index (χ3v) is 2.81. The summed E-state index contributed by atoms with van der Waals surface area (Å²) in [6, 6.07) is 3.07. The van der Waals surface area contributed by atoms with E-state index in [1.807, 2.05) is 0 Å². The van der Waals surface area contributed by atoms with Crippen LogP contribution >= 0.6 is 0 Å². The van der Waals surface area contributed by atoms with Crippen molar-refractivity contribution in [2.75, 3.05) is 6.26 Å². The van der Waals surface area contributed by atoms with Crippen LogP contribution in [0.3, 0.4) is 0 Å². The van der Waals surface area contributed by atoms with E-state index in [2.05, 4.69) is 4.98 Å². The van der Waals surface area contributed by atoms with E-state index in [0.29, 0.717) is 5.56 Å². The second-order valence-corrected chi connectivity index (χ2v) is 4.70. The van der Waals surface area contributed by atoms with Crippen LogP contribution in [0.5, 0.6) is 0 Å². The molecule has 0 fully saturated rings. The Hall–Kier alpha value is -1.41. The van der Waals surface area contributed by atoms with Crippen molar-refractivity contribution in [1.82, 2.24) is 4.98 Å². The molecule has 1 aromatic heterocycles. The predicted molar refractivity (Wildman–Crippen MR) is 46.8 cm³/mol. The number of hydrogen-bond donors (Lipinski definition) is 0. The van der Waals surface area contributed by atoms with Crippen molar-refractivity contribution in [3.8, 4) is 6.07 Å². The van der Waals surface area contributed by atoms with E-state index in [1.165, 1.54) is 12.3 Å². The minimum absolute atomic E-state index is 0.117. The van der Waals surface area contributed by atoms with Crippen molar-refractivity contribution in [3.05, 3.63) is 23.5 Å². The number of aromatic nitrogens is 1. The highest BCUT2D eigenvalue weighted by molar-refractivity contribution is 7.90. The molecule has 0 aliphatic rings. The fraction of sp³-hybridized carbons (Fsp3) is 0.250. The highest BCUT2D eigenvalue weighted by Gasteiger charge is 2.11. The van der Waals surface area contributed by atoms with Crippen LogP contribution in [0, 0.1) is 18.3 Å². The van der Waals surface area contributed by atoms with Gasteiger partial charge in [0.2, 0.25) is 0 Å². The van der Waals surface area contributed by atoms with Gasteiger partial charge in [-0.25, -0.2) is 13.4 Å². The standard InChI is InChI=1S/C8H8N2O2S/c1-6-5-10-7(4-9)3-8(6)13(2,11)12/h3,5H,1-2H3. The first-order valence-electron chi connectivity index (χ1n) is 3.52. The lowest BCUT2D eigenvalue weighted by molar-refractivity contribution is 0.601. The molecule has 0 spiro atoms. The molecule has 0 N–H and O–H groups in total. The van der Waals surface area contributed by atoms with Crippen molar-refractivity contribution >= 4 is 9.84 Å². The molecule has 13 heavy (non-hydrogen) atoms. The van der Waals surface area contributed by atoms with Gasteiger partial charge in [-0.1, -0.05) is 0 Å². The Morgan fingerprint density at radius 1 is 1.54 bits per heavy atom. The average molecular weight is 196 g/mol. The Balaban J connectivity index is 3.47. The summed E-state index contributed by atoms with van der Waals surface area (Å²) < 4.78 is 22.4. The summed E-state index contributed by atoms with van der Waals surface area (Å²) in [4.78, 5) is 3.91. The fourth-order valence-electron chi connectivity index (χ4n) is 0.966. The lowest BCUT2D eigenvalue weighted by atomic mass is 10.3. The number of nitrogens with zero attached hydrogens (tertiary/aromatic N) is 2. The number of pyridine rings is 1. The SMILES string of the molecule is Cc1cnc(C#N)cc1S(C)(=O)=O. The molecule has 0 aliphatic heterocycles. The topological polar surface area (TPSA) is 70.8 Å². The van der Waals surface area contributed by atoms with Gasteiger partial charge in [0, 0.05) is 12.5 Å². The number of aryl methyl sites for hydroxylation is 1. The van der Waals surface area contributed by atoms with E-state index in [0.717, 1.165) is 6.26 Å². The molecule has 0 bridgehead atoms. The Labute approximate surface area is 76.8 Å². The van der Waals surface area contributed by atoms with Crippen LogP contribution in [0.25, 0.3) is 0 Å². The summed E-state index contributed by atoms with van der Waals surface area (Å²) >= 11 is 0. The molecule has 0 atom stereocenters. The molecule has 0 radical (unpaired) electrons. The Morgan fingerprint density at radius 2 is 2.15 bits per heavy atom. The van der Waals surface area contributed by atoms with Gasteiger partial charge in [0.25, 0.3) is 0 Å². The molecule has 0 amide bonds. The second kappa shape index (κ2) is 3.15. The van der Waals surface area contributed by atoms with Crippen molar-refractivity contribution in [2.24, 2.45) is 0 Å². The summed E-state index contributed by atoms with van der Waals surface area (Å²) in [5.41, 5.74) is 0.674. The van der Waals surface area contributed by atoms with E-state index in [9.17, 15) is 8.42 Å². The zero-order valence-electron chi connectivity index (χ0n) is 7.27. The summed E-state index contributed by atoms with van der Waals surface area (Å²) in [5, 5.41) is 8.51. The Kier molecular flexibility index (Phi) is 2.34. The van der Waals surface area contributed by atoms with Gasteiger partial charge in [0.05, 0.1) is 4.90 Å². The molecular formula is C8H8N2O2S. The monoisotopic (exact) mass is 196 g/mol. The van der Waals surface area contributed by atoms with E-state index in [4.69, 9.17) is 5.26 Å². The van der Waals surface area contributed by atoms with Gasteiger partial charge in [0.1, 0.15) is 11.8 Å². The molecule has 5 heteroatoms. The molecule has 0 unspecified atom stereocenters. The zero-order chi connectivity index (χ0) is 10.1. The van der Waals surface area contributed by atoms with Gasteiger partial charge in [-0.05, 0) is 18.6 Å². The highest BCUT2D eigenvalue weighted by atomic mass is 32.2. The smallest absolute Gasteiger partial charge is 0.175 e. The summed E-state index contributed by atoms with van der Waals surface area (Å²) in [6.07, 6.45) is 2.49. The van der Waals surface area contributed by atoms with Crippen LogP contribution in [-0.4, -0.2) is 19.7 Å². The van der Waals surface area contributed by atoms with Crippen molar-refractivity contribution in [2.45, 2.75) is 11.8 Å². The maximum absolute atomic E-state index is 11.2. The van der Waals surface area contributed by atoms with Gasteiger partial charge >= 0.3 is 0 Å². The van der Waals surface area contributed by atoms with Crippen molar-refractivity contribution < 1.29 is 8.42 Å². The van der Waals surface area contributed by atoms with E-state index in [-0.39, 0.29) is 10.6 Å². The van der Waals surface area contributed by atoms with Crippen LogP contribution in [0.2, 0.25) is 0 Å². The number of sulfone groups is 1. The van der Waals surface area contributed by atoms with Crippen molar-refractivity contribution in [3.63, 3.8) is 0 Å². The zero-order valence-corrected chi connectivity index (χ0v) is 8.09. The van der Waals surface area contributed by atoms with Crippen LogP contribution in [0.4, 0.5) is 0 Å². The lowest BCUT2D eigenvalue weighted by Gasteiger charge is -2.01. The third-order valence-electron chi connectivity index (χ3n) is 1.57. The minimum Gasteiger partial charge on any atom is -0.245 e. The summed E-state index contributed by atoms with van der Waals surface area (Å²) in [7, 11) is -3.26. The Morgan fingerprint density at radius 3 is 2.62 bits per heavy atom. The van der Waals surface area contributed by atoms with Crippen LogP contribution in [-0.2, 0) is 9.84 Å². The fourth-order valence-corrected chi connectivity index (χ4v) is 1.93. The first-order chi connectivity index (χ1) is 5.95. The van der Waals surface area contributed by atoms with Crippen LogP contribution in [0.1, 0.15) is 11.3 Å². The van der Waals surface area contributed by atoms with E-state index in [1.54, 1.807) is 13.0 Å². The van der Waals surface area contributed by atoms with Gasteiger partial charge in [-0.15, -0.1) is 0 Å². The molecular weight excluding hydrogens is 188 g/mol. The normalized spacial score (nSPS) is 10.8. The largest absolute Gasteiger partial charge is 0.245 e. The summed E-state index contributed by atoms with van der Waals surface area (Å²) in [6.45, 7) is 1.64. The molecule has 1 heterocycles. The first-order valence-corrected chi connectivity index (χ1v) is 5.41. The number of hydrogen-bond acceptors (Lipinski definition) is 4.